The Labute approximate surface area is 116 Å². The third-order valence-electron chi connectivity index (χ3n) is 3.86. The zero-order chi connectivity index (χ0) is 14.3. The molecule has 1 aliphatic carbocycles. The number of carbonyl (C=O) groups excluding carboxylic acids is 2. The van der Waals surface area contributed by atoms with Crippen LogP contribution in [0.5, 0.6) is 11.5 Å². The molecule has 0 bridgehead atoms. The summed E-state index contributed by atoms with van der Waals surface area (Å²) in [7, 11) is 3.04. The highest BCUT2D eigenvalue weighted by Gasteiger charge is 2.25. The summed E-state index contributed by atoms with van der Waals surface area (Å²) in [5.41, 5.74) is 3.19. The zero-order valence-electron chi connectivity index (χ0n) is 11.4. The van der Waals surface area contributed by atoms with Crippen LogP contribution in [0.25, 0.3) is 10.8 Å². The van der Waals surface area contributed by atoms with Gasteiger partial charge in [0, 0.05) is 0 Å². The molecule has 3 rings (SSSR count). The van der Waals surface area contributed by atoms with Crippen LogP contribution in [0.15, 0.2) is 12.1 Å². The highest BCUT2D eigenvalue weighted by molar-refractivity contribution is 6.07. The third-order valence-corrected chi connectivity index (χ3v) is 3.86. The Bertz CT molecular complexity index is 673. The lowest BCUT2D eigenvalue weighted by Crippen LogP contribution is -1.99. The topological polar surface area (TPSA) is 52.6 Å². The number of hydrogen-bond acceptors (Lipinski definition) is 4. The Morgan fingerprint density at radius 3 is 1.65 bits per heavy atom. The molecule has 0 heterocycles. The van der Waals surface area contributed by atoms with E-state index in [1.807, 2.05) is 12.1 Å². The first kappa shape index (κ1) is 12.7. The van der Waals surface area contributed by atoms with Crippen LogP contribution < -0.4 is 9.47 Å². The fourth-order valence-corrected chi connectivity index (χ4v) is 3.08. The van der Waals surface area contributed by atoms with E-state index < -0.39 is 0 Å². The van der Waals surface area contributed by atoms with Crippen LogP contribution in [0.2, 0.25) is 0 Å². The minimum Gasteiger partial charge on any atom is -0.495 e. The summed E-state index contributed by atoms with van der Waals surface area (Å²) in [6.45, 7) is 0. The first-order valence-corrected chi connectivity index (χ1v) is 6.39. The number of aldehydes is 2. The third kappa shape index (κ3) is 1.54. The summed E-state index contributed by atoms with van der Waals surface area (Å²) < 4.78 is 10.8. The van der Waals surface area contributed by atoms with Crippen LogP contribution in [-0.4, -0.2) is 26.8 Å². The molecule has 0 saturated heterocycles. The van der Waals surface area contributed by atoms with Crippen molar-refractivity contribution < 1.29 is 19.1 Å². The van der Waals surface area contributed by atoms with Crippen molar-refractivity contribution in [2.24, 2.45) is 0 Å². The minimum atomic E-state index is 0.474. The highest BCUT2D eigenvalue weighted by Crippen LogP contribution is 2.44. The molecule has 0 spiro atoms. The number of aryl methyl sites for hydroxylation is 2. The molecule has 0 unspecified atom stereocenters. The monoisotopic (exact) mass is 270 g/mol. The van der Waals surface area contributed by atoms with Gasteiger partial charge in [0.25, 0.3) is 0 Å². The van der Waals surface area contributed by atoms with Crippen LogP contribution >= 0.6 is 0 Å². The van der Waals surface area contributed by atoms with E-state index in [1.54, 1.807) is 0 Å². The fraction of sp³-hybridized carbons (Fsp3) is 0.250. The molecule has 2 aromatic rings. The Hall–Kier alpha value is -2.36. The molecule has 2 aromatic carbocycles. The number of hydrogen-bond donors (Lipinski definition) is 0. The molecule has 0 N–H and O–H groups in total. The van der Waals surface area contributed by atoms with Crippen molar-refractivity contribution in [3.05, 3.63) is 34.4 Å². The maximum atomic E-state index is 11.3. The molecule has 0 aromatic heterocycles. The summed E-state index contributed by atoms with van der Waals surface area (Å²) in [4.78, 5) is 22.6. The Balaban J connectivity index is 2.56. The van der Waals surface area contributed by atoms with Crippen LogP contribution in [0.4, 0.5) is 0 Å². The summed E-state index contributed by atoms with van der Waals surface area (Å²) >= 11 is 0. The van der Waals surface area contributed by atoms with Crippen LogP contribution in [0.1, 0.15) is 31.8 Å². The van der Waals surface area contributed by atoms with Gasteiger partial charge >= 0.3 is 0 Å². The van der Waals surface area contributed by atoms with E-state index in [-0.39, 0.29) is 0 Å². The van der Waals surface area contributed by atoms with Gasteiger partial charge in [-0.05, 0) is 41.5 Å². The Kier molecular flexibility index (Phi) is 2.93. The molecule has 0 amide bonds. The number of methoxy groups -OCH3 is 2. The number of benzene rings is 2. The zero-order valence-corrected chi connectivity index (χ0v) is 11.4. The lowest BCUT2D eigenvalue weighted by atomic mass is 9.97. The maximum Gasteiger partial charge on any atom is 0.153 e. The van der Waals surface area contributed by atoms with Crippen molar-refractivity contribution in [3.8, 4) is 11.5 Å². The Morgan fingerprint density at radius 1 is 0.850 bits per heavy atom. The van der Waals surface area contributed by atoms with Gasteiger partial charge in [-0.15, -0.1) is 0 Å². The second-order valence-electron chi connectivity index (χ2n) is 4.80. The van der Waals surface area contributed by atoms with E-state index in [4.69, 9.17) is 9.47 Å². The number of carbonyl (C=O) groups is 2. The average molecular weight is 270 g/mol. The molecule has 0 fully saturated rings. The molecule has 102 valence electrons. The van der Waals surface area contributed by atoms with Crippen molar-refractivity contribution >= 4 is 23.3 Å². The van der Waals surface area contributed by atoms with Crippen LogP contribution in [0.3, 0.4) is 0 Å². The van der Waals surface area contributed by atoms with Gasteiger partial charge in [-0.2, -0.15) is 0 Å². The van der Waals surface area contributed by atoms with Crippen LogP contribution in [-0.2, 0) is 12.8 Å². The number of rotatable bonds is 4. The average Bonchev–Trinajstić information content (AvgIpc) is 2.89. The SMILES string of the molecule is COc1c(C=O)cc2c3c(cc(C=O)c(OC)c13)CC2. The predicted octanol–water partition coefficient (Wildman–Crippen LogP) is 2.58. The normalized spacial score (nSPS) is 12.5. The van der Waals surface area contributed by atoms with Crippen LogP contribution in [0, 0.1) is 0 Å². The summed E-state index contributed by atoms with van der Waals surface area (Å²) in [6, 6.07) is 3.73. The van der Waals surface area contributed by atoms with E-state index >= 15 is 0 Å². The molecular formula is C16H14O4. The van der Waals surface area contributed by atoms with Gasteiger partial charge in [0.2, 0.25) is 0 Å². The van der Waals surface area contributed by atoms with E-state index in [1.165, 1.54) is 14.2 Å². The van der Waals surface area contributed by atoms with E-state index in [2.05, 4.69) is 0 Å². The molecule has 4 nitrogen and oxygen atoms in total. The molecule has 0 aliphatic heterocycles. The van der Waals surface area contributed by atoms with E-state index in [0.717, 1.165) is 47.3 Å². The summed E-state index contributed by atoms with van der Waals surface area (Å²) in [5.74, 6) is 0.949. The van der Waals surface area contributed by atoms with Gasteiger partial charge in [0.05, 0.1) is 30.7 Å². The van der Waals surface area contributed by atoms with Crippen molar-refractivity contribution in [2.45, 2.75) is 12.8 Å². The number of ether oxygens (including phenoxy) is 2. The van der Waals surface area contributed by atoms with Crippen molar-refractivity contribution in [2.75, 3.05) is 14.2 Å². The second kappa shape index (κ2) is 4.63. The van der Waals surface area contributed by atoms with Gasteiger partial charge in [0.1, 0.15) is 11.5 Å². The van der Waals surface area contributed by atoms with Gasteiger partial charge < -0.3 is 9.47 Å². The lowest BCUT2D eigenvalue weighted by molar-refractivity contribution is 0.111. The molecule has 0 atom stereocenters. The van der Waals surface area contributed by atoms with Crippen molar-refractivity contribution in [1.82, 2.24) is 0 Å². The minimum absolute atomic E-state index is 0.474. The fourth-order valence-electron chi connectivity index (χ4n) is 3.08. The molecule has 4 heteroatoms. The quantitative estimate of drug-likeness (QED) is 0.801. The van der Waals surface area contributed by atoms with Gasteiger partial charge in [0.15, 0.2) is 12.6 Å². The van der Waals surface area contributed by atoms with Gasteiger partial charge in [-0.25, -0.2) is 0 Å². The van der Waals surface area contributed by atoms with E-state index in [0.29, 0.717) is 22.6 Å². The predicted molar refractivity (Wildman–Crippen MR) is 75.2 cm³/mol. The molecule has 1 aliphatic rings. The largest absolute Gasteiger partial charge is 0.495 e. The lowest BCUT2D eigenvalue weighted by Gasteiger charge is -2.15. The van der Waals surface area contributed by atoms with Crippen molar-refractivity contribution in [1.29, 1.82) is 0 Å². The Morgan fingerprint density at radius 2 is 1.30 bits per heavy atom. The highest BCUT2D eigenvalue weighted by atomic mass is 16.5. The van der Waals surface area contributed by atoms with Crippen molar-refractivity contribution in [3.63, 3.8) is 0 Å². The standard InChI is InChI=1S/C16H14O4/c1-19-15-11(7-17)5-9-3-4-10-6-12(8-18)16(20-2)14(15)13(9)10/h5-8H,3-4H2,1-2H3. The second-order valence-corrected chi connectivity index (χ2v) is 4.80. The molecule has 0 saturated carbocycles. The molecule has 20 heavy (non-hydrogen) atoms. The van der Waals surface area contributed by atoms with E-state index in [9.17, 15) is 9.59 Å². The first-order valence-electron chi connectivity index (χ1n) is 6.39. The van der Waals surface area contributed by atoms with Gasteiger partial charge in [-0.3, -0.25) is 9.59 Å². The maximum absolute atomic E-state index is 11.3. The first-order chi connectivity index (χ1) is 9.74. The molecule has 0 radical (unpaired) electrons. The summed E-state index contributed by atoms with van der Waals surface area (Å²) in [6.07, 6.45) is 3.28. The van der Waals surface area contributed by atoms with Gasteiger partial charge in [-0.1, -0.05) is 0 Å². The molecular weight excluding hydrogens is 256 g/mol. The summed E-state index contributed by atoms with van der Waals surface area (Å²) in [5, 5.41) is 1.78. The smallest absolute Gasteiger partial charge is 0.153 e.